The predicted molar refractivity (Wildman–Crippen MR) is 101 cm³/mol. The third kappa shape index (κ3) is 4.58. The van der Waals surface area contributed by atoms with Gasteiger partial charge in [0, 0.05) is 33.3 Å². The summed E-state index contributed by atoms with van der Waals surface area (Å²) in [5.41, 5.74) is -0.335. The number of hydrogen-bond acceptors (Lipinski definition) is 4. The Balaban J connectivity index is 1.54. The molecule has 3 rings (SSSR count). The van der Waals surface area contributed by atoms with Crippen molar-refractivity contribution in [2.24, 2.45) is 5.41 Å². The monoisotopic (exact) mass is 365 g/mol. The maximum Gasteiger partial charge on any atom is 0.236 e. The van der Waals surface area contributed by atoms with Gasteiger partial charge >= 0.3 is 0 Å². The zero-order valence-electron chi connectivity index (χ0n) is 16.4. The minimum Gasteiger partial charge on any atom is -0.383 e. The fourth-order valence-corrected chi connectivity index (χ4v) is 4.79. The van der Waals surface area contributed by atoms with Crippen molar-refractivity contribution < 1.29 is 14.3 Å². The van der Waals surface area contributed by atoms with Crippen molar-refractivity contribution in [2.45, 2.75) is 51.4 Å². The van der Waals surface area contributed by atoms with Crippen LogP contribution in [0.3, 0.4) is 0 Å². The maximum absolute atomic E-state index is 13.0. The SMILES string of the molecule is COCCN1CCC[C@@]2(CCN(C(=O)CN3CCCCCCC3)C2)C1=O. The first kappa shape index (κ1) is 19.6. The largest absolute Gasteiger partial charge is 0.383 e. The molecule has 3 aliphatic heterocycles. The Kier molecular flexibility index (Phi) is 6.92. The van der Waals surface area contributed by atoms with Gasteiger partial charge in [-0.05, 0) is 45.2 Å². The van der Waals surface area contributed by atoms with Gasteiger partial charge in [-0.2, -0.15) is 0 Å². The molecule has 1 atom stereocenters. The molecule has 2 amide bonds. The molecule has 0 bridgehead atoms. The number of rotatable bonds is 5. The highest BCUT2D eigenvalue weighted by molar-refractivity contribution is 5.86. The molecular formula is C20H35N3O3. The zero-order chi connectivity index (χ0) is 18.4. The van der Waals surface area contributed by atoms with Crippen LogP contribution in [0.25, 0.3) is 0 Å². The van der Waals surface area contributed by atoms with Gasteiger partial charge in [-0.1, -0.05) is 19.3 Å². The van der Waals surface area contributed by atoms with E-state index in [2.05, 4.69) is 4.90 Å². The van der Waals surface area contributed by atoms with Crippen LogP contribution in [-0.4, -0.2) is 86.0 Å². The number of hydrogen-bond donors (Lipinski definition) is 0. The molecule has 3 aliphatic rings. The lowest BCUT2D eigenvalue weighted by atomic mass is 9.78. The van der Waals surface area contributed by atoms with E-state index < -0.39 is 0 Å². The summed E-state index contributed by atoms with van der Waals surface area (Å²) < 4.78 is 5.14. The number of likely N-dealkylation sites (tertiary alicyclic amines) is 3. The molecule has 26 heavy (non-hydrogen) atoms. The second-order valence-electron chi connectivity index (χ2n) is 8.28. The third-order valence-electron chi connectivity index (χ3n) is 6.40. The fraction of sp³-hybridized carbons (Fsp3) is 0.900. The van der Waals surface area contributed by atoms with Gasteiger partial charge in [0.25, 0.3) is 0 Å². The summed E-state index contributed by atoms with van der Waals surface area (Å²) in [6.07, 6.45) is 9.06. The summed E-state index contributed by atoms with van der Waals surface area (Å²) in [5, 5.41) is 0. The van der Waals surface area contributed by atoms with E-state index in [1.165, 1.54) is 32.1 Å². The zero-order valence-corrected chi connectivity index (χ0v) is 16.4. The highest BCUT2D eigenvalue weighted by Gasteiger charge is 2.49. The molecule has 0 aromatic heterocycles. The second-order valence-corrected chi connectivity index (χ2v) is 8.28. The van der Waals surface area contributed by atoms with Crippen molar-refractivity contribution in [2.75, 3.05) is 59.5 Å². The molecule has 3 saturated heterocycles. The molecule has 6 nitrogen and oxygen atoms in total. The lowest BCUT2D eigenvalue weighted by Gasteiger charge is -2.39. The number of methoxy groups -OCH3 is 1. The minimum atomic E-state index is -0.335. The summed E-state index contributed by atoms with van der Waals surface area (Å²) in [6.45, 7) is 6.02. The number of piperidine rings is 1. The van der Waals surface area contributed by atoms with Gasteiger partial charge < -0.3 is 14.5 Å². The number of carbonyl (C=O) groups excluding carboxylic acids is 2. The standard InChI is InChI=1S/C20H35N3O3/c1-26-15-14-22-12-7-8-20(19(22)25)9-13-23(17-20)18(24)16-21-10-5-3-2-4-6-11-21/h2-17H2,1H3/t20-/m0/s1. The molecule has 0 radical (unpaired) electrons. The van der Waals surface area contributed by atoms with Crippen molar-refractivity contribution in [3.63, 3.8) is 0 Å². The van der Waals surface area contributed by atoms with Crippen molar-refractivity contribution in [1.29, 1.82) is 0 Å². The Labute approximate surface area is 157 Å². The van der Waals surface area contributed by atoms with Crippen LogP contribution in [0.4, 0.5) is 0 Å². The molecule has 3 fully saturated rings. The third-order valence-corrected chi connectivity index (χ3v) is 6.40. The van der Waals surface area contributed by atoms with Crippen molar-refractivity contribution in [3.05, 3.63) is 0 Å². The highest BCUT2D eigenvalue weighted by Crippen LogP contribution is 2.40. The summed E-state index contributed by atoms with van der Waals surface area (Å²) in [4.78, 5) is 32.1. The van der Waals surface area contributed by atoms with Gasteiger partial charge in [0.1, 0.15) is 0 Å². The lowest BCUT2D eigenvalue weighted by molar-refractivity contribution is -0.146. The minimum absolute atomic E-state index is 0.212. The lowest BCUT2D eigenvalue weighted by Crippen LogP contribution is -2.51. The molecule has 0 N–H and O–H groups in total. The summed E-state index contributed by atoms with van der Waals surface area (Å²) in [7, 11) is 1.67. The van der Waals surface area contributed by atoms with Gasteiger partial charge in [-0.25, -0.2) is 0 Å². The van der Waals surface area contributed by atoms with E-state index >= 15 is 0 Å². The van der Waals surface area contributed by atoms with Crippen molar-refractivity contribution in [3.8, 4) is 0 Å². The molecule has 0 unspecified atom stereocenters. The summed E-state index contributed by atoms with van der Waals surface area (Å²) in [6, 6.07) is 0. The summed E-state index contributed by atoms with van der Waals surface area (Å²) >= 11 is 0. The molecule has 0 saturated carbocycles. The molecule has 0 aliphatic carbocycles. The molecule has 1 spiro atoms. The maximum atomic E-state index is 13.0. The van der Waals surface area contributed by atoms with Gasteiger partial charge in [-0.15, -0.1) is 0 Å². The van der Waals surface area contributed by atoms with Crippen LogP contribution >= 0.6 is 0 Å². The highest BCUT2D eigenvalue weighted by atomic mass is 16.5. The normalized spacial score (nSPS) is 28.4. The average molecular weight is 366 g/mol. The molecule has 6 heteroatoms. The van der Waals surface area contributed by atoms with Gasteiger partial charge in [0.15, 0.2) is 0 Å². The van der Waals surface area contributed by atoms with E-state index in [0.29, 0.717) is 26.2 Å². The smallest absolute Gasteiger partial charge is 0.236 e. The van der Waals surface area contributed by atoms with Crippen LogP contribution in [0.2, 0.25) is 0 Å². The van der Waals surface area contributed by atoms with Crippen molar-refractivity contribution >= 4 is 11.8 Å². The summed E-state index contributed by atoms with van der Waals surface area (Å²) in [5.74, 6) is 0.451. The van der Waals surface area contributed by atoms with E-state index in [1.807, 2.05) is 9.80 Å². The number of amides is 2. The number of carbonyl (C=O) groups is 2. The molecular weight excluding hydrogens is 330 g/mol. The van der Waals surface area contributed by atoms with E-state index in [1.54, 1.807) is 7.11 Å². The fourth-order valence-electron chi connectivity index (χ4n) is 4.79. The molecule has 148 valence electrons. The van der Waals surface area contributed by atoms with Crippen LogP contribution in [0.1, 0.15) is 51.4 Å². The van der Waals surface area contributed by atoms with Gasteiger partial charge in [0.2, 0.25) is 11.8 Å². The quantitative estimate of drug-likeness (QED) is 0.745. The van der Waals surface area contributed by atoms with Gasteiger partial charge in [0.05, 0.1) is 18.6 Å². The number of ether oxygens (including phenoxy) is 1. The average Bonchev–Trinajstić information content (AvgIpc) is 3.04. The van der Waals surface area contributed by atoms with Gasteiger partial charge in [-0.3, -0.25) is 14.5 Å². The first-order valence-corrected chi connectivity index (χ1v) is 10.4. The Bertz CT molecular complexity index is 491. The first-order valence-electron chi connectivity index (χ1n) is 10.4. The Hall–Kier alpha value is -1.14. The van der Waals surface area contributed by atoms with Crippen LogP contribution < -0.4 is 0 Å². The van der Waals surface area contributed by atoms with Crippen molar-refractivity contribution in [1.82, 2.24) is 14.7 Å². The van der Waals surface area contributed by atoms with Crippen LogP contribution in [0, 0.1) is 5.41 Å². The van der Waals surface area contributed by atoms with E-state index in [-0.39, 0.29) is 17.2 Å². The number of nitrogens with zero attached hydrogens (tertiary/aromatic N) is 3. The second kappa shape index (κ2) is 9.18. The van der Waals surface area contributed by atoms with E-state index in [9.17, 15) is 9.59 Å². The molecule has 3 heterocycles. The Morgan fingerprint density at radius 2 is 1.73 bits per heavy atom. The first-order chi connectivity index (χ1) is 12.6. The Morgan fingerprint density at radius 3 is 2.46 bits per heavy atom. The molecule has 0 aromatic rings. The van der Waals surface area contributed by atoms with Crippen LogP contribution in [0.5, 0.6) is 0 Å². The van der Waals surface area contributed by atoms with E-state index in [0.717, 1.165) is 45.4 Å². The topological polar surface area (TPSA) is 53.1 Å². The van der Waals surface area contributed by atoms with Crippen LogP contribution in [0.15, 0.2) is 0 Å². The van der Waals surface area contributed by atoms with E-state index in [4.69, 9.17) is 4.74 Å². The van der Waals surface area contributed by atoms with Crippen LogP contribution in [-0.2, 0) is 14.3 Å². The Morgan fingerprint density at radius 1 is 1.00 bits per heavy atom. The molecule has 0 aromatic carbocycles. The predicted octanol–water partition coefficient (Wildman–Crippen LogP) is 1.74.